The first-order valence-electron chi connectivity index (χ1n) is 11.1. The summed E-state index contributed by atoms with van der Waals surface area (Å²) in [5.74, 6) is -0.00104. The Bertz CT molecular complexity index is 754. The Morgan fingerprint density at radius 2 is 1.84 bits per heavy atom. The van der Waals surface area contributed by atoms with Gasteiger partial charge in [-0.15, -0.1) is 11.8 Å². The lowest BCUT2D eigenvalue weighted by molar-refractivity contribution is -0.144. The molecule has 0 bridgehead atoms. The van der Waals surface area contributed by atoms with E-state index in [4.69, 9.17) is 0 Å². The zero-order valence-electron chi connectivity index (χ0n) is 19.3. The van der Waals surface area contributed by atoms with Gasteiger partial charge < -0.3 is 20.4 Å². The number of urea groups is 1. The Labute approximate surface area is 190 Å². The lowest BCUT2D eigenvalue weighted by Gasteiger charge is -2.41. The summed E-state index contributed by atoms with van der Waals surface area (Å²) in [5.41, 5.74) is 0.679. The van der Waals surface area contributed by atoms with Gasteiger partial charge in [0.25, 0.3) is 0 Å². The molecule has 0 radical (unpaired) electrons. The van der Waals surface area contributed by atoms with Crippen molar-refractivity contribution < 1.29 is 14.4 Å². The summed E-state index contributed by atoms with van der Waals surface area (Å²) in [7, 11) is 0. The van der Waals surface area contributed by atoms with E-state index in [1.807, 2.05) is 56.2 Å². The van der Waals surface area contributed by atoms with E-state index >= 15 is 0 Å². The number of nitrogens with one attached hydrogen (secondary N) is 2. The smallest absolute Gasteiger partial charge is 0.319 e. The maximum Gasteiger partial charge on any atom is 0.319 e. The van der Waals surface area contributed by atoms with Crippen LogP contribution in [0.1, 0.15) is 47.0 Å². The zero-order chi connectivity index (χ0) is 23.0. The molecular formula is C23H36N4O3S. The number of anilines is 1. The number of amides is 4. The van der Waals surface area contributed by atoms with Gasteiger partial charge in [0.2, 0.25) is 11.8 Å². The molecule has 0 spiro atoms. The fourth-order valence-corrected chi connectivity index (χ4v) is 4.10. The predicted molar refractivity (Wildman–Crippen MR) is 126 cm³/mol. The van der Waals surface area contributed by atoms with Crippen molar-refractivity contribution in [2.75, 3.05) is 31.2 Å². The second-order valence-corrected chi connectivity index (χ2v) is 9.25. The van der Waals surface area contributed by atoms with Gasteiger partial charge in [-0.1, -0.05) is 27.2 Å². The molecular weight excluding hydrogens is 412 g/mol. The van der Waals surface area contributed by atoms with E-state index in [0.717, 1.165) is 17.7 Å². The molecule has 2 rings (SSSR count). The minimum Gasteiger partial charge on any atom is -0.337 e. The van der Waals surface area contributed by atoms with Gasteiger partial charge in [-0.25, -0.2) is 4.79 Å². The second-order valence-electron chi connectivity index (χ2n) is 8.37. The Kier molecular flexibility index (Phi) is 9.68. The molecule has 1 fully saturated rings. The van der Waals surface area contributed by atoms with Crippen LogP contribution in [0.5, 0.6) is 0 Å². The van der Waals surface area contributed by atoms with Crippen molar-refractivity contribution in [1.29, 1.82) is 0 Å². The standard InChI is InChI=1S/C23H36N4O3S/c1-6-7-8-20(28)27-14-13-26(15-17(27)4)22(29)21(16(2)3)25-23(30)24-18-9-11-19(31-5)12-10-18/h9-12,16-17,21H,6-8,13-15H2,1-5H3,(H2,24,25,30). The summed E-state index contributed by atoms with van der Waals surface area (Å²) < 4.78 is 0. The summed E-state index contributed by atoms with van der Waals surface area (Å²) >= 11 is 1.63. The molecule has 0 saturated carbocycles. The maximum atomic E-state index is 13.2. The first-order chi connectivity index (χ1) is 14.8. The molecule has 1 aromatic carbocycles. The first kappa shape index (κ1) is 25.0. The van der Waals surface area contributed by atoms with Crippen LogP contribution in [0.4, 0.5) is 10.5 Å². The molecule has 7 nitrogen and oxygen atoms in total. The third-order valence-corrected chi connectivity index (χ3v) is 6.31. The number of hydrogen-bond donors (Lipinski definition) is 2. The van der Waals surface area contributed by atoms with Crippen molar-refractivity contribution in [2.45, 2.75) is 63.9 Å². The summed E-state index contributed by atoms with van der Waals surface area (Å²) in [6, 6.07) is 6.51. The Morgan fingerprint density at radius 3 is 2.39 bits per heavy atom. The first-order valence-corrected chi connectivity index (χ1v) is 12.3. The molecule has 1 saturated heterocycles. The van der Waals surface area contributed by atoms with Crippen LogP contribution in [0.15, 0.2) is 29.2 Å². The second kappa shape index (κ2) is 12.0. The molecule has 1 aromatic rings. The van der Waals surface area contributed by atoms with E-state index in [0.29, 0.717) is 31.7 Å². The van der Waals surface area contributed by atoms with Crippen LogP contribution in [-0.4, -0.2) is 65.6 Å². The van der Waals surface area contributed by atoms with Gasteiger partial charge >= 0.3 is 6.03 Å². The summed E-state index contributed by atoms with van der Waals surface area (Å²) in [4.78, 5) is 42.9. The molecule has 4 amide bonds. The Morgan fingerprint density at radius 1 is 1.16 bits per heavy atom. The maximum absolute atomic E-state index is 13.2. The van der Waals surface area contributed by atoms with Gasteiger partial charge in [-0.05, 0) is 49.8 Å². The largest absolute Gasteiger partial charge is 0.337 e. The highest BCUT2D eigenvalue weighted by atomic mass is 32.2. The number of carbonyl (C=O) groups is 3. The molecule has 1 aliphatic rings. The van der Waals surface area contributed by atoms with Crippen LogP contribution in [0.2, 0.25) is 0 Å². The van der Waals surface area contributed by atoms with Crippen LogP contribution in [-0.2, 0) is 9.59 Å². The van der Waals surface area contributed by atoms with Crippen molar-refractivity contribution in [3.05, 3.63) is 24.3 Å². The van der Waals surface area contributed by atoms with Crippen LogP contribution in [0.25, 0.3) is 0 Å². The molecule has 31 heavy (non-hydrogen) atoms. The van der Waals surface area contributed by atoms with Gasteiger partial charge in [0.05, 0.1) is 0 Å². The van der Waals surface area contributed by atoms with Crippen LogP contribution in [0.3, 0.4) is 0 Å². The number of carbonyl (C=O) groups excluding carboxylic acids is 3. The van der Waals surface area contributed by atoms with Gasteiger partial charge in [0.15, 0.2) is 0 Å². The number of unbranched alkanes of at least 4 members (excludes halogenated alkanes) is 1. The van der Waals surface area contributed by atoms with Crippen molar-refractivity contribution >= 4 is 35.3 Å². The van der Waals surface area contributed by atoms with Crippen molar-refractivity contribution in [1.82, 2.24) is 15.1 Å². The van der Waals surface area contributed by atoms with E-state index in [9.17, 15) is 14.4 Å². The van der Waals surface area contributed by atoms with E-state index in [1.54, 1.807) is 16.7 Å². The van der Waals surface area contributed by atoms with Crippen molar-refractivity contribution in [3.8, 4) is 0 Å². The number of piperazine rings is 1. The third-order valence-electron chi connectivity index (χ3n) is 5.57. The zero-order valence-corrected chi connectivity index (χ0v) is 20.1. The monoisotopic (exact) mass is 448 g/mol. The average Bonchev–Trinajstić information content (AvgIpc) is 2.75. The van der Waals surface area contributed by atoms with Crippen LogP contribution < -0.4 is 10.6 Å². The molecule has 0 aliphatic carbocycles. The van der Waals surface area contributed by atoms with Gasteiger partial charge in [0, 0.05) is 42.7 Å². The van der Waals surface area contributed by atoms with Gasteiger partial charge in [-0.2, -0.15) is 0 Å². The van der Waals surface area contributed by atoms with Crippen LogP contribution >= 0.6 is 11.8 Å². The highest BCUT2D eigenvalue weighted by molar-refractivity contribution is 7.98. The highest BCUT2D eigenvalue weighted by Crippen LogP contribution is 2.18. The Hall–Kier alpha value is -2.22. The van der Waals surface area contributed by atoms with E-state index in [-0.39, 0.29) is 23.8 Å². The topological polar surface area (TPSA) is 81.8 Å². The Balaban J connectivity index is 1.95. The van der Waals surface area contributed by atoms with E-state index < -0.39 is 12.1 Å². The van der Waals surface area contributed by atoms with Gasteiger partial charge in [-0.3, -0.25) is 9.59 Å². The minimum absolute atomic E-state index is 0.0290. The molecule has 2 N–H and O–H groups in total. The average molecular weight is 449 g/mol. The summed E-state index contributed by atoms with van der Waals surface area (Å²) in [5, 5.41) is 5.64. The fraction of sp³-hybridized carbons (Fsp3) is 0.609. The van der Waals surface area contributed by atoms with E-state index in [2.05, 4.69) is 17.6 Å². The number of benzene rings is 1. The fourth-order valence-electron chi connectivity index (χ4n) is 3.69. The summed E-state index contributed by atoms with van der Waals surface area (Å²) in [6.07, 6.45) is 4.43. The number of rotatable bonds is 8. The summed E-state index contributed by atoms with van der Waals surface area (Å²) in [6.45, 7) is 9.40. The quantitative estimate of drug-likeness (QED) is 0.593. The SMILES string of the molecule is CCCCC(=O)N1CCN(C(=O)C(NC(=O)Nc2ccc(SC)cc2)C(C)C)CC1C. The highest BCUT2D eigenvalue weighted by Gasteiger charge is 2.34. The molecule has 172 valence electrons. The van der Waals surface area contributed by atoms with Crippen LogP contribution in [0, 0.1) is 5.92 Å². The molecule has 1 heterocycles. The molecule has 2 atom stereocenters. The normalized spacial score (nSPS) is 17.4. The molecule has 0 aromatic heterocycles. The third kappa shape index (κ3) is 7.16. The lowest BCUT2D eigenvalue weighted by Crippen LogP contribution is -2.60. The van der Waals surface area contributed by atoms with Crippen molar-refractivity contribution in [3.63, 3.8) is 0 Å². The lowest BCUT2D eigenvalue weighted by atomic mass is 10.0. The molecule has 1 aliphatic heterocycles. The van der Waals surface area contributed by atoms with Crippen molar-refractivity contribution in [2.24, 2.45) is 5.92 Å². The predicted octanol–water partition coefficient (Wildman–Crippen LogP) is 3.80. The van der Waals surface area contributed by atoms with E-state index in [1.165, 1.54) is 0 Å². The van der Waals surface area contributed by atoms with Gasteiger partial charge in [0.1, 0.15) is 6.04 Å². The number of hydrogen-bond acceptors (Lipinski definition) is 4. The molecule has 2 unspecified atom stereocenters. The molecule has 8 heteroatoms. The number of nitrogens with zero attached hydrogens (tertiary/aromatic N) is 2. The number of thioether (sulfide) groups is 1. The minimum atomic E-state index is -0.625.